The summed E-state index contributed by atoms with van der Waals surface area (Å²) in [5, 5.41) is 9.82. The van der Waals surface area contributed by atoms with E-state index in [1.54, 1.807) is 38.1 Å². The molecule has 1 aromatic rings. The molecule has 29 heavy (non-hydrogen) atoms. The highest BCUT2D eigenvalue weighted by Crippen LogP contribution is 2.11. The van der Waals surface area contributed by atoms with Gasteiger partial charge < -0.3 is 26.0 Å². The minimum atomic E-state index is -0.845. The van der Waals surface area contributed by atoms with Gasteiger partial charge in [0.15, 0.2) is 0 Å². The van der Waals surface area contributed by atoms with E-state index in [0.717, 1.165) is 5.56 Å². The molecule has 158 valence electrons. The molecule has 1 aromatic carbocycles. The topological polar surface area (TPSA) is 143 Å². The summed E-state index contributed by atoms with van der Waals surface area (Å²) in [4.78, 5) is 57.0. The molecule has 0 heterocycles. The third-order valence-electron chi connectivity index (χ3n) is 3.65. The molecule has 0 spiro atoms. The standard InChI is InChI=1S/C18H25N4O6P/c1-11(2)16(22-14(24)7-19-10-23)17(26)20-8-15(25)21-13-5-3-12(4-6-13)9-28-18(27)29/h3-6,10-11,16H,7-9,29H2,1-2H3,(H,19,23)(H,20,26)(H,21,25)(H,22,24). The summed E-state index contributed by atoms with van der Waals surface area (Å²) in [7, 11) is 1.91. The van der Waals surface area contributed by atoms with Crippen LogP contribution in [0.4, 0.5) is 10.5 Å². The SMILES string of the molecule is CC(C)C(NC(=O)CNC=O)C(=O)NCC(=O)Nc1ccc(COC(=O)P)cc1. The highest BCUT2D eigenvalue weighted by atomic mass is 31.0. The van der Waals surface area contributed by atoms with Crippen LogP contribution >= 0.6 is 9.24 Å². The van der Waals surface area contributed by atoms with Gasteiger partial charge >= 0.3 is 5.71 Å². The Morgan fingerprint density at radius 3 is 2.28 bits per heavy atom. The first-order valence-corrected chi connectivity index (χ1v) is 9.35. The summed E-state index contributed by atoms with van der Waals surface area (Å²) in [6.45, 7) is 3.09. The van der Waals surface area contributed by atoms with E-state index in [4.69, 9.17) is 4.74 Å². The van der Waals surface area contributed by atoms with E-state index in [0.29, 0.717) is 12.1 Å². The molecule has 10 nitrogen and oxygen atoms in total. The molecule has 0 radical (unpaired) electrons. The van der Waals surface area contributed by atoms with E-state index in [9.17, 15) is 24.0 Å². The second-order valence-electron chi connectivity index (χ2n) is 6.36. The van der Waals surface area contributed by atoms with E-state index in [1.807, 2.05) is 9.24 Å². The van der Waals surface area contributed by atoms with Crippen molar-refractivity contribution in [1.29, 1.82) is 0 Å². The van der Waals surface area contributed by atoms with E-state index >= 15 is 0 Å². The Morgan fingerprint density at radius 2 is 1.72 bits per heavy atom. The molecule has 4 amide bonds. The number of anilines is 1. The van der Waals surface area contributed by atoms with Crippen LogP contribution in [0.3, 0.4) is 0 Å². The normalized spacial score (nSPS) is 11.2. The Balaban J connectivity index is 2.50. The lowest BCUT2D eigenvalue weighted by molar-refractivity contribution is -0.130. The predicted molar refractivity (Wildman–Crippen MR) is 109 cm³/mol. The second kappa shape index (κ2) is 12.5. The zero-order valence-corrected chi connectivity index (χ0v) is 17.3. The maximum atomic E-state index is 12.3. The van der Waals surface area contributed by atoms with Gasteiger partial charge in [0.25, 0.3) is 0 Å². The average Bonchev–Trinajstić information content (AvgIpc) is 2.67. The maximum Gasteiger partial charge on any atom is 0.320 e. The van der Waals surface area contributed by atoms with Gasteiger partial charge in [-0.05, 0) is 32.9 Å². The third-order valence-corrected chi connectivity index (χ3v) is 3.82. The highest BCUT2D eigenvalue weighted by molar-refractivity contribution is 7.39. The quantitative estimate of drug-likeness (QED) is 0.294. The summed E-state index contributed by atoms with van der Waals surface area (Å²) in [5.74, 6) is -1.69. The highest BCUT2D eigenvalue weighted by Gasteiger charge is 2.24. The monoisotopic (exact) mass is 424 g/mol. The first kappa shape index (κ1) is 24.0. The fourth-order valence-corrected chi connectivity index (χ4v) is 2.30. The van der Waals surface area contributed by atoms with Gasteiger partial charge in [0.05, 0.1) is 13.1 Å². The summed E-state index contributed by atoms with van der Waals surface area (Å²) < 4.78 is 4.84. The number of hydrogen-bond donors (Lipinski definition) is 4. The van der Waals surface area contributed by atoms with Crippen LogP contribution in [0.15, 0.2) is 24.3 Å². The number of rotatable bonds is 11. The smallest absolute Gasteiger partial charge is 0.320 e. The fourth-order valence-electron chi connectivity index (χ4n) is 2.22. The van der Waals surface area contributed by atoms with Gasteiger partial charge in [-0.2, -0.15) is 0 Å². The zero-order valence-electron chi connectivity index (χ0n) is 16.2. The second-order valence-corrected chi connectivity index (χ2v) is 6.83. The third kappa shape index (κ3) is 9.66. The van der Waals surface area contributed by atoms with E-state index < -0.39 is 29.5 Å². The van der Waals surface area contributed by atoms with Gasteiger partial charge in [0, 0.05) is 5.69 Å². The van der Waals surface area contributed by atoms with Crippen molar-refractivity contribution in [2.75, 3.05) is 18.4 Å². The summed E-state index contributed by atoms with van der Waals surface area (Å²) in [6.07, 6.45) is 0.385. The van der Waals surface area contributed by atoms with Crippen molar-refractivity contribution < 1.29 is 28.7 Å². The van der Waals surface area contributed by atoms with Gasteiger partial charge in [-0.15, -0.1) is 0 Å². The summed E-state index contributed by atoms with van der Waals surface area (Å²) >= 11 is 0. The van der Waals surface area contributed by atoms with Crippen molar-refractivity contribution in [3.8, 4) is 0 Å². The summed E-state index contributed by atoms with van der Waals surface area (Å²) in [6, 6.07) is 5.83. The Kier molecular flexibility index (Phi) is 10.3. The lowest BCUT2D eigenvalue weighted by atomic mass is 10.0. The zero-order chi connectivity index (χ0) is 21.8. The lowest BCUT2D eigenvalue weighted by Gasteiger charge is -2.21. The van der Waals surface area contributed by atoms with Crippen LogP contribution in [-0.2, 0) is 30.5 Å². The Labute approximate surface area is 170 Å². The number of nitrogens with one attached hydrogen (secondary N) is 4. The van der Waals surface area contributed by atoms with Crippen LogP contribution in [0.1, 0.15) is 19.4 Å². The molecule has 0 aromatic heterocycles. The van der Waals surface area contributed by atoms with Crippen molar-refractivity contribution in [3.05, 3.63) is 29.8 Å². The van der Waals surface area contributed by atoms with E-state index in [2.05, 4.69) is 21.3 Å². The van der Waals surface area contributed by atoms with Gasteiger partial charge in [0.2, 0.25) is 24.1 Å². The number of carbonyl (C=O) groups excluding carboxylic acids is 5. The first-order chi connectivity index (χ1) is 13.7. The Bertz CT molecular complexity index is 738. The van der Waals surface area contributed by atoms with Crippen LogP contribution in [0.25, 0.3) is 0 Å². The average molecular weight is 424 g/mol. The van der Waals surface area contributed by atoms with Gasteiger partial charge in [0.1, 0.15) is 12.6 Å². The van der Waals surface area contributed by atoms with Crippen molar-refractivity contribution >= 4 is 44.8 Å². The van der Waals surface area contributed by atoms with E-state index in [-0.39, 0.29) is 25.6 Å². The van der Waals surface area contributed by atoms with Crippen molar-refractivity contribution in [1.82, 2.24) is 16.0 Å². The van der Waals surface area contributed by atoms with Crippen LogP contribution in [0.2, 0.25) is 0 Å². The largest absolute Gasteiger partial charge is 0.458 e. The molecule has 2 atom stereocenters. The summed E-state index contributed by atoms with van der Waals surface area (Å²) in [5.41, 5.74) is 0.805. The fraction of sp³-hybridized carbons (Fsp3) is 0.389. The van der Waals surface area contributed by atoms with Gasteiger partial charge in [-0.25, -0.2) is 4.79 Å². The molecule has 0 bridgehead atoms. The molecule has 0 aliphatic heterocycles. The molecule has 1 rings (SSSR count). The number of carbonyl (C=O) groups is 5. The van der Waals surface area contributed by atoms with Crippen LogP contribution in [0, 0.1) is 5.92 Å². The minimum absolute atomic E-state index is 0.122. The molecule has 0 aliphatic carbocycles. The van der Waals surface area contributed by atoms with Crippen LogP contribution < -0.4 is 21.3 Å². The molecule has 11 heteroatoms. The Morgan fingerprint density at radius 1 is 1.07 bits per heavy atom. The number of amides is 4. The van der Waals surface area contributed by atoms with Crippen LogP contribution in [-0.4, -0.2) is 49.0 Å². The first-order valence-electron chi connectivity index (χ1n) is 8.78. The van der Waals surface area contributed by atoms with E-state index in [1.165, 1.54) is 0 Å². The number of benzene rings is 1. The minimum Gasteiger partial charge on any atom is -0.458 e. The molecule has 2 unspecified atom stereocenters. The molecular formula is C18H25N4O6P. The van der Waals surface area contributed by atoms with Crippen molar-refractivity contribution in [2.24, 2.45) is 5.92 Å². The molecule has 0 fully saturated rings. The van der Waals surface area contributed by atoms with Gasteiger partial charge in [-0.1, -0.05) is 26.0 Å². The van der Waals surface area contributed by atoms with Crippen LogP contribution in [0.5, 0.6) is 0 Å². The molecule has 0 saturated carbocycles. The molecular weight excluding hydrogens is 399 g/mol. The molecule has 0 saturated heterocycles. The molecule has 4 N–H and O–H groups in total. The number of ether oxygens (including phenoxy) is 1. The predicted octanol–water partition coefficient (Wildman–Crippen LogP) is 0.140. The molecule has 0 aliphatic rings. The number of hydrogen-bond acceptors (Lipinski definition) is 6. The lowest BCUT2D eigenvalue weighted by Crippen LogP contribution is -2.52. The Hall–Kier alpha value is -3.00. The van der Waals surface area contributed by atoms with Crippen molar-refractivity contribution in [3.63, 3.8) is 0 Å². The van der Waals surface area contributed by atoms with Gasteiger partial charge in [-0.3, -0.25) is 19.2 Å². The maximum absolute atomic E-state index is 12.3. The van der Waals surface area contributed by atoms with Crippen molar-refractivity contribution in [2.45, 2.75) is 26.5 Å².